The van der Waals surface area contributed by atoms with Crippen LogP contribution in [-0.4, -0.2) is 42.4 Å². The maximum Gasteiger partial charge on any atom is 0.151 e. The second-order valence-corrected chi connectivity index (χ2v) is 9.34. The molecule has 4 rings (SSSR count). The standard InChI is InChI=1S/C27H37N3O2/c1-20(31)26(24-12-6-7-13-25(24)32-2)30-18-16-21(19-30)9-4-3-5-11-23-15-14-22-10-8-17-28-27(22)29-23/h6-7,12-15,21,26H,3-5,8-11,16-19H2,1-2H3,(H,28,29)/t21-,26+/m1/s1. The molecule has 1 N–H and O–H groups in total. The highest BCUT2D eigenvalue weighted by molar-refractivity contribution is 5.83. The van der Waals surface area contributed by atoms with Gasteiger partial charge in [-0.2, -0.15) is 0 Å². The lowest BCUT2D eigenvalue weighted by molar-refractivity contribution is -0.122. The second-order valence-electron chi connectivity index (χ2n) is 9.34. The fraction of sp³-hybridized carbons (Fsp3) is 0.556. The smallest absolute Gasteiger partial charge is 0.151 e. The van der Waals surface area contributed by atoms with E-state index in [1.54, 1.807) is 14.0 Å². The lowest BCUT2D eigenvalue weighted by Gasteiger charge is -2.27. The first-order valence-corrected chi connectivity index (χ1v) is 12.3. The van der Waals surface area contributed by atoms with Gasteiger partial charge in [-0.3, -0.25) is 9.69 Å². The lowest BCUT2D eigenvalue weighted by atomic mass is 9.98. The van der Waals surface area contributed by atoms with E-state index in [2.05, 4.69) is 22.3 Å². The Morgan fingerprint density at radius 2 is 2.09 bits per heavy atom. The maximum atomic E-state index is 12.5. The number of rotatable bonds is 10. The van der Waals surface area contributed by atoms with Crippen LogP contribution in [-0.2, 0) is 17.6 Å². The van der Waals surface area contributed by atoms with Gasteiger partial charge in [0, 0.05) is 24.3 Å². The third kappa shape index (κ3) is 5.50. The molecule has 1 aromatic carbocycles. The van der Waals surface area contributed by atoms with E-state index < -0.39 is 0 Å². The van der Waals surface area contributed by atoms with Crippen molar-refractivity contribution in [2.75, 3.05) is 32.1 Å². The monoisotopic (exact) mass is 435 g/mol. The van der Waals surface area contributed by atoms with Gasteiger partial charge in [0.2, 0.25) is 0 Å². The largest absolute Gasteiger partial charge is 0.496 e. The zero-order valence-corrected chi connectivity index (χ0v) is 19.6. The Hall–Kier alpha value is -2.40. The number of carbonyl (C=O) groups is 1. The molecule has 0 spiro atoms. The summed E-state index contributed by atoms with van der Waals surface area (Å²) in [5.74, 6) is 2.79. The molecule has 1 aromatic heterocycles. The lowest BCUT2D eigenvalue weighted by Crippen LogP contribution is -2.31. The first kappa shape index (κ1) is 22.8. The van der Waals surface area contributed by atoms with Gasteiger partial charge >= 0.3 is 0 Å². The van der Waals surface area contributed by atoms with Crippen LogP contribution in [0.15, 0.2) is 36.4 Å². The van der Waals surface area contributed by atoms with E-state index in [1.165, 1.54) is 49.8 Å². The Kier molecular flexibility index (Phi) is 7.80. The number of pyridine rings is 1. The normalized spacial score (nSPS) is 19.2. The van der Waals surface area contributed by atoms with Gasteiger partial charge in [-0.1, -0.05) is 37.1 Å². The van der Waals surface area contributed by atoms with Crippen molar-refractivity contribution in [1.29, 1.82) is 0 Å². The van der Waals surface area contributed by atoms with Crippen LogP contribution in [0.5, 0.6) is 5.75 Å². The van der Waals surface area contributed by atoms with Crippen LogP contribution in [0.25, 0.3) is 0 Å². The molecule has 2 aromatic rings. The first-order valence-electron chi connectivity index (χ1n) is 12.3. The summed E-state index contributed by atoms with van der Waals surface area (Å²) < 4.78 is 5.53. The van der Waals surface area contributed by atoms with Crippen molar-refractivity contribution < 1.29 is 9.53 Å². The van der Waals surface area contributed by atoms with Crippen molar-refractivity contribution >= 4 is 11.6 Å². The van der Waals surface area contributed by atoms with Gasteiger partial charge in [0.25, 0.3) is 0 Å². The number of aromatic nitrogens is 1. The van der Waals surface area contributed by atoms with Crippen LogP contribution in [0.1, 0.15) is 68.3 Å². The van der Waals surface area contributed by atoms with Crippen molar-refractivity contribution in [1.82, 2.24) is 9.88 Å². The number of likely N-dealkylation sites (tertiary alicyclic amines) is 1. The molecule has 2 aliphatic heterocycles. The van der Waals surface area contributed by atoms with Gasteiger partial charge in [0.05, 0.1) is 13.2 Å². The molecule has 3 heterocycles. The summed E-state index contributed by atoms with van der Waals surface area (Å²) in [6.07, 6.45) is 9.52. The summed E-state index contributed by atoms with van der Waals surface area (Å²) in [5.41, 5.74) is 3.57. The number of ether oxygens (including phenoxy) is 1. The predicted molar refractivity (Wildman–Crippen MR) is 129 cm³/mol. The molecule has 0 bridgehead atoms. The number of hydrogen-bond donors (Lipinski definition) is 1. The van der Waals surface area contributed by atoms with E-state index >= 15 is 0 Å². The first-order chi connectivity index (χ1) is 15.7. The van der Waals surface area contributed by atoms with Gasteiger partial charge in [0.15, 0.2) is 5.78 Å². The molecule has 1 fully saturated rings. The van der Waals surface area contributed by atoms with E-state index in [0.29, 0.717) is 5.92 Å². The molecule has 1 saturated heterocycles. The molecule has 0 unspecified atom stereocenters. The molecule has 0 saturated carbocycles. The van der Waals surface area contributed by atoms with E-state index in [-0.39, 0.29) is 11.8 Å². The minimum atomic E-state index is -0.195. The van der Waals surface area contributed by atoms with Crippen LogP contribution in [0.2, 0.25) is 0 Å². The van der Waals surface area contributed by atoms with E-state index in [9.17, 15) is 4.79 Å². The van der Waals surface area contributed by atoms with Crippen molar-refractivity contribution in [2.45, 2.75) is 64.3 Å². The molecule has 2 atom stereocenters. The van der Waals surface area contributed by atoms with Crippen molar-refractivity contribution in [3.63, 3.8) is 0 Å². The van der Waals surface area contributed by atoms with Crippen LogP contribution in [0, 0.1) is 5.92 Å². The molecule has 32 heavy (non-hydrogen) atoms. The number of aryl methyl sites for hydroxylation is 2. The Bertz CT molecular complexity index is 914. The molecular formula is C27H37N3O2. The van der Waals surface area contributed by atoms with E-state index in [0.717, 1.165) is 49.6 Å². The molecule has 0 aliphatic carbocycles. The van der Waals surface area contributed by atoms with Gasteiger partial charge in [-0.15, -0.1) is 0 Å². The number of carbonyl (C=O) groups excluding carboxylic acids is 1. The summed E-state index contributed by atoms with van der Waals surface area (Å²) in [6, 6.07) is 12.2. The topological polar surface area (TPSA) is 54.5 Å². The average Bonchev–Trinajstić information content (AvgIpc) is 3.27. The van der Waals surface area contributed by atoms with Gasteiger partial charge in [0.1, 0.15) is 11.6 Å². The van der Waals surface area contributed by atoms with Crippen molar-refractivity contribution in [3.8, 4) is 5.75 Å². The number of ketones is 1. The second kappa shape index (κ2) is 11.0. The van der Waals surface area contributed by atoms with Crippen LogP contribution < -0.4 is 10.1 Å². The number of Topliss-reactive ketones (excluding diaryl/α,β-unsaturated/α-hetero) is 1. The fourth-order valence-electron chi connectivity index (χ4n) is 5.32. The van der Waals surface area contributed by atoms with Crippen LogP contribution in [0.3, 0.4) is 0 Å². The number of para-hydroxylation sites is 1. The Morgan fingerprint density at radius 3 is 2.94 bits per heavy atom. The molecule has 5 heteroatoms. The Labute approximate surface area is 192 Å². The Balaban J connectivity index is 1.22. The third-order valence-electron chi connectivity index (χ3n) is 7.00. The summed E-state index contributed by atoms with van der Waals surface area (Å²) in [4.78, 5) is 19.7. The summed E-state index contributed by atoms with van der Waals surface area (Å²) in [5, 5.41) is 3.43. The van der Waals surface area contributed by atoms with Gasteiger partial charge in [-0.25, -0.2) is 4.98 Å². The fourth-order valence-corrected chi connectivity index (χ4v) is 5.32. The number of hydrogen-bond acceptors (Lipinski definition) is 5. The summed E-state index contributed by atoms with van der Waals surface area (Å²) >= 11 is 0. The quantitative estimate of drug-likeness (QED) is 0.520. The minimum absolute atomic E-state index is 0.195. The number of unbranched alkanes of at least 4 members (excludes halogenated alkanes) is 2. The summed E-state index contributed by atoms with van der Waals surface area (Å²) in [7, 11) is 1.68. The number of fused-ring (bicyclic) bond motifs is 1. The van der Waals surface area contributed by atoms with E-state index in [4.69, 9.17) is 9.72 Å². The van der Waals surface area contributed by atoms with Crippen molar-refractivity contribution in [2.24, 2.45) is 5.92 Å². The zero-order valence-electron chi connectivity index (χ0n) is 19.6. The maximum absolute atomic E-state index is 12.5. The molecule has 0 radical (unpaired) electrons. The number of nitrogens with one attached hydrogen (secondary N) is 1. The zero-order chi connectivity index (χ0) is 22.3. The third-order valence-corrected chi connectivity index (χ3v) is 7.00. The molecular weight excluding hydrogens is 398 g/mol. The number of methoxy groups -OCH3 is 1. The Morgan fingerprint density at radius 1 is 1.22 bits per heavy atom. The summed E-state index contributed by atoms with van der Waals surface area (Å²) in [6.45, 7) is 4.73. The number of nitrogens with zero attached hydrogens (tertiary/aromatic N) is 2. The van der Waals surface area contributed by atoms with Crippen LogP contribution in [0.4, 0.5) is 5.82 Å². The van der Waals surface area contributed by atoms with Crippen molar-refractivity contribution in [3.05, 3.63) is 53.2 Å². The molecule has 0 amide bonds. The molecule has 172 valence electrons. The molecule has 2 aliphatic rings. The molecule has 5 nitrogen and oxygen atoms in total. The highest BCUT2D eigenvalue weighted by Gasteiger charge is 2.33. The SMILES string of the molecule is COc1ccccc1[C@H](C(C)=O)N1CC[C@@H](CCCCCc2ccc3c(n2)NCCC3)C1. The van der Waals surface area contributed by atoms with Gasteiger partial charge < -0.3 is 10.1 Å². The highest BCUT2D eigenvalue weighted by Crippen LogP contribution is 2.35. The van der Waals surface area contributed by atoms with E-state index in [1.807, 2.05) is 24.3 Å². The minimum Gasteiger partial charge on any atom is -0.496 e. The average molecular weight is 436 g/mol. The number of benzene rings is 1. The highest BCUT2D eigenvalue weighted by atomic mass is 16.5. The van der Waals surface area contributed by atoms with Gasteiger partial charge in [-0.05, 0) is 75.6 Å². The predicted octanol–water partition coefficient (Wildman–Crippen LogP) is 5.20. The van der Waals surface area contributed by atoms with Crippen LogP contribution >= 0.6 is 0 Å². The number of anilines is 1.